The van der Waals surface area contributed by atoms with Crippen LogP contribution in [-0.4, -0.2) is 36.1 Å². The summed E-state index contributed by atoms with van der Waals surface area (Å²) in [5.41, 5.74) is 1.32. The zero-order chi connectivity index (χ0) is 15.4. The van der Waals surface area contributed by atoms with E-state index >= 15 is 0 Å². The van der Waals surface area contributed by atoms with Crippen molar-refractivity contribution in [1.82, 2.24) is 9.88 Å². The van der Waals surface area contributed by atoms with Crippen LogP contribution >= 0.6 is 0 Å². The Hall–Kier alpha value is -1.81. The van der Waals surface area contributed by atoms with Gasteiger partial charge in [-0.3, -0.25) is 4.90 Å². The second-order valence-corrected chi connectivity index (χ2v) is 6.26. The summed E-state index contributed by atoms with van der Waals surface area (Å²) in [6, 6.07) is 10.7. The predicted octanol–water partition coefficient (Wildman–Crippen LogP) is 3.51. The van der Waals surface area contributed by atoms with Gasteiger partial charge in [-0.15, -0.1) is 0 Å². The normalized spacial score (nSPS) is 17.0. The van der Waals surface area contributed by atoms with E-state index in [0.717, 1.165) is 44.4 Å². The van der Waals surface area contributed by atoms with Gasteiger partial charge in [-0.1, -0.05) is 32.0 Å². The molecule has 4 heteroatoms. The van der Waals surface area contributed by atoms with Gasteiger partial charge in [-0.05, 0) is 18.6 Å². The van der Waals surface area contributed by atoms with Gasteiger partial charge in [0.1, 0.15) is 5.76 Å². The molecule has 0 unspecified atom stereocenters. The highest BCUT2D eigenvalue weighted by Gasteiger charge is 2.17. The minimum atomic E-state index is 0.402. The number of benzene rings is 1. The minimum absolute atomic E-state index is 0.402. The van der Waals surface area contributed by atoms with E-state index in [1.165, 1.54) is 12.1 Å². The third-order valence-electron chi connectivity index (χ3n) is 4.21. The highest BCUT2D eigenvalue weighted by atomic mass is 16.4. The van der Waals surface area contributed by atoms with Crippen LogP contribution in [0.15, 0.2) is 40.9 Å². The Kier molecular flexibility index (Phi) is 4.78. The fraction of sp³-hybridized carbons (Fsp3) is 0.500. The number of hydrogen-bond donors (Lipinski definition) is 0. The lowest BCUT2D eigenvalue weighted by molar-refractivity contribution is 0.251. The van der Waals surface area contributed by atoms with Crippen molar-refractivity contribution in [3.05, 3.63) is 48.2 Å². The smallest absolute Gasteiger partial charge is 0.208 e. The van der Waals surface area contributed by atoms with Gasteiger partial charge < -0.3 is 9.32 Å². The second-order valence-electron chi connectivity index (χ2n) is 6.26. The largest absolute Gasteiger partial charge is 0.444 e. The van der Waals surface area contributed by atoms with Crippen molar-refractivity contribution >= 4 is 5.69 Å². The third kappa shape index (κ3) is 3.69. The zero-order valence-corrected chi connectivity index (χ0v) is 13.5. The molecule has 1 aromatic carbocycles. The number of rotatable bonds is 4. The summed E-state index contributed by atoms with van der Waals surface area (Å²) in [5.74, 6) is 2.23. The highest BCUT2D eigenvalue weighted by molar-refractivity contribution is 5.46. The van der Waals surface area contributed by atoms with Crippen molar-refractivity contribution < 1.29 is 4.42 Å². The molecule has 1 fully saturated rings. The van der Waals surface area contributed by atoms with Crippen molar-refractivity contribution in [2.75, 3.05) is 31.1 Å². The molecule has 0 radical (unpaired) electrons. The van der Waals surface area contributed by atoms with E-state index in [2.05, 4.69) is 59.0 Å². The number of anilines is 1. The molecule has 0 aliphatic carbocycles. The van der Waals surface area contributed by atoms with Crippen LogP contribution in [0.25, 0.3) is 0 Å². The van der Waals surface area contributed by atoms with E-state index in [1.54, 1.807) is 0 Å². The Morgan fingerprint density at radius 1 is 1.09 bits per heavy atom. The Balaban J connectivity index is 1.58. The van der Waals surface area contributed by atoms with Gasteiger partial charge in [0, 0.05) is 37.8 Å². The van der Waals surface area contributed by atoms with Crippen LogP contribution in [0.5, 0.6) is 0 Å². The topological polar surface area (TPSA) is 32.5 Å². The first-order chi connectivity index (χ1) is 10.7. The first-order valence-corrected chi connectivity index (χ1v) is 8.19. The summed E-state index contributed by atoms with van der Waals surface area (Å²) in [6.45, 7) is 9.40. The van der Waals surface area contributed by atoms with Crippen molar-refractivity contribution in [3.63, 3.8) is 0 Å². The molecule has 0 amide bonds. The van der Waals surface area contributed by atoms with E-state index in [-0.39, 0.29) is 0 Å². The van der Waals surface area contributed by atoms with Gasteiger partial charge in [0.25, 0.3) is 0 Å². The first kappa shape index (κ1) is 15.1. The molecule has 3 rings (SSSR count). The molecule has 0 spiro atoms. The Labute approximate surface area is 132 Å². The first-order valence-electron chi connectivity index (χ1n) is 8.19. The second kappa shape index (κ2) is 6.97. The van der Waals surface area contributed by atoms with Crippen LogP contribution in [0.3, 0.4) is 0 Å². The van der Waals surface area contributed by atoms with Crippen LogP contribution in [0.2, 0.25) is 0 Å². The van der Waals surface area contributed by atoms with Gasteiger partial charge in [-0.25, -0.2) is 4.98 Å². The predicted molar refractivity (Wildman–Crippen MR) is 89.1 cm³/mol. The summed E-state index contributed by atoms with van der Waals surface area (Å²) in [5, 5.41) is 0. The Morgan fingerprint density at radius 3 is 2.64 bits per heavy atom. The monoisotopic (exact) mass is 299 g/mol. The maximum Gasteiger partial charge on any atom is 0.208 e. The van der Waals surface area contributed by atoms with Gasteiger partial charge in [0.15, 0.2) is 0 Å². The molecular formula is C18H25N3O. The standard InChI is InChI=1S/C18H25N3O/c1-15(2)17-13-19-18(22-17)14-20-9-6-10-21(12-11-20)16-7-4-3-5-8-16/h3-5,7-8,13,15H,6,9-12,14H2,1-2H3. The van der Waals surface area contributed by atoms with E-state index in [1.807, 2.05) is 6.20 Å². The molecule has 22 heavy (non-hydrogen) atoms. The van der Waals surface area contributed by atoms with E-state index in [4.69, 9.17) is 4.42 Å². The van der Waals surface area contributed by atoms with Gasteiger partial charge >= 0.3 is 0 Å². The molecule has 2 aromatic rings. The molecule has 0 bridgehead atoms. The van der Waals surface area contributed by atoms with E-state index in [0.29, 0.717) is 5.92 Å². The molecule has 1 aromatic heterocycles. The molecule has 4 nitrogen and oxygen atoms in total. The Bertz CT molecular complexity index is 579. The average Bonchev–Trinajstić information content (AvgIpc) is 2.87. The van der Waals surface area contributed by atoms with Crippen LogP contribution in [-0.2, 0) is 6.54 Å². The zero-order valence-electron chi connectivity index (χ0n) is 13.5. The molecule has 0 N–H and O–H groups in total. The molecule has 1 aliphatic rings. The average molecular weight is 299 g/mol. The fourth-order valence-electron chi connectivity index (χ4n) is 2.88. The van der Waals surface area contributed by atoms with Crippen molar-refractivity contribution in [1.29, 1.82) is 0 Å². The molecule has 1 saturated heterocycles. The number of hydrogen-bond acceptors (Lipinski definition) is 4. The van der Waals surface area contributed by atoms with Gasteiger partial charge in [-0.2, -0.15) is 0 Å². The molecular weight excluding hydrogens is 274 g/mol. The van der Waals surface area contributed by atoms with Crippen molar-refractivity contribution in [3.8, 4) is 0 Å². The number of oxazole rings is 1. The molecule has 118 valence electrons. The van der Waals surface area contributed by atoms with Gasteiger partial charge in [0.2, 0.25) is 5.89 Å². The number of nitrogens with zero attached hydrogens (tertiary/aromatic N) is 3. The van der Waals surface area contributed by atoms with E-state index < -0.39 is 0 Å². The fourth-order valence-corrected chi connectivity index (χ4v) is 2.88. The number of para-hydroxylation sites is 1. The van der Waals surface area contributed by atoms with Crippen LogP contribution in [0, 0.1) is 0 Å². The maximum absolute atomic E-state index is 5.83. The summed E-state index contributed by atoms with van der Waals surface area (Å²) < 4.78 is 5.83. The summed E-state index contributed by atoms with van der Waals surface area (Å²) in [6.07, 6.45) is 3.04. The van der Waals surface area contributed by atoms with E-state index in [9.17, 15) is 0 Å². The van der Waals surface area contributed by atoms with Gasteiger partial charge in [0.05, 0.1) is 12.7 Å². The molecule has 1 aliphatic heterocycles. The third-order valence-corrected chi connectivity index (χ3v) is 4.21. The molecule has 2 heterocycles. The van der Waals surface area contributed by atoms with Crippen LogP contribution in [0.1, 0.15) is 37.8 Å². The lowest BCUT2D eigenvalue weighted by atomic mass is 10.2. The highest BCUT2D eigenvalue weighted by Crippen LogP contribution is 2.18. The summed E-state index contributed by atoms with van der Waals surface area (Å²) in [4.78, 5) is 9.33. The SMILES string of the molecule is CC(C)c1cnc(CN2CCCN(c3ccccc3)CC2)o1. The van der Waals surface area contributed by atoms with Crippen molar-refractivity contribution in [2.24, 2.45) is 0 Å². The number of aromatic nitrogens is 1. The summed E-state index contributed by atoms with van der Waals surface area (Å²) in [7, 11) is 0. The maximum atomic E-state index is 5.83. The Morgan fingerprint density at radius 2 is 1.91 bits per heavy atom. The molecule has 0 saturated carbocycles. The lowest BCUT2D eigenvalue weighted by Crippen LogP contribution is -2.30. The van der Waals surface area contributed by atoms with Crippen LogP contribution in [0.4, 0.5) is 5.69 Å². The van der Waals surface area contributed by atoms with Crippen molar-refractivity contribution in [2.45, 2.75) is 32.7 Å². The minimum Gasteiger partial charge on any atom is -0.444 e. The molecule has 0 atom stereocenters. The quantitative estimate of drug-likeness (QED) is 0.865. The summed E-state index contributed by atoms with van der Waals surface area (Å²) >= 11 is 0. The lowest BCUT2D eigenvalue weighted by Gasteiger charge is -2.23. The van der Waals surface area contributed by atoms with Crippen LogP contribution < -0.4 is 4.90 Å².